The molecule has 1 rings (SSSR count). The van der Waals surface area contributed by atoms with Crippen LogP contribution >= 0.6 is 10.7 Å². The molecule has 8 nitrogen and oxygen atoms in total. The molecule has 0 aliphatic rings. The maximum Gasteiger partial charge on any atom is 0.574 e. The van der Waals surface area contributed by atoms with Crippen LogP contribution in [-0.2, 0) is 9.05 Å². The van der Waals surface area contributed by atoms with Crippen molar-refractivity contribution in [3.05, 3.63) is 21.7 Å². The van der Waals surface area contributed by atoms with Gasteiger partial charge in [-0.1, -0.05) is 0 Å². The molecule has 0 radical (unpaired) electrons. The van der Waals surface area contributed by atoms with Crippen LogP contribution in [0.4, 0.5) is 18.9 Å². The van der Waals surface area contributed by atoms with E-state index >= 15 is 0 Å². The normalized spacial score (nSPS) is 11.8. The summed E-state index contributed by atoms with van der Waals surface area (Å²) in [6.45, 7) is 0. The number of hydrogen-bond donors (Lipinski definition) is 0. The van der Waals surface area contributed by atoms with Crippen LogP contribution in [0.5, 0.6) is 5.88 Å². The Morgan fingerprint density at radius 1 is 1.50 bits per heavy atom. The molecule has 13 heteroatoms. The predicted octanol–water partition coefficient (Wildman–Crippen LogP) is 1.69. The van der Waals surface area contributed by atoms with Crippen molar-refractivity contribution in [2.75, 3.05) is 0 Å². The largest absolute Gasteiger partial charge is 0.574 e. The summed E-state index contributed by atoms with van der Waals surface area (Å²) in [6.07, 6.45) is -5.38. The first kappa shape index (κ1) is 15.9. The SMILES string of the molecule is N#Cc1cc(S(=O)(=O)Cl)nc(OC(F)(F)F)c1[N+](=O)[O-]. The Balaban J connectivity index is 3.68. The van der Waals surface area contributed by atoms with Gasteiger partial charge in [-0.05, 0) is 0 Å². The summed E-state index contributed by atoms with van der Waals surface area (Å²) < 4.78 is 61.5. The topological polar surface area (TPSA) is 123 Å². The second-order valence-electron chi connectivity index (χ2n) is 3.02. The summed E-state index contributed by atoms with van der Waals surface area (Å²) in [7, 11) is 0.240. The van der Waals surface area contributed by atoms with Gasteiger partial charge in [0.25, 0.3) is 9.05 Å². The molecule has 0 saturated heterocycles. The van der Waals surface area contributed by atoms with Crippen molar-refractivity contribution in [1.82, 2.24) is 4.98 Å². The van der Waals surface area contributed by atoms with Crippen molar-refractivity contribution in [2.24, 2.45) is 0 Å². The minimum Gasteiger partial charge on any atom is -0.380 e. The van der Waals surface area contributed by atoms with Gasteiger partial charge in [0.1, 0.15) is 11.6 Å². The molecule has 1 heterocycles. The standard InChI is InChI=1S/C7HClF3N3O5S/c8-20(17,18)4-1-3(2-12)5(14(15)16)6(13-4)19-7(9,10)11/h1H. The molecule has 0 aliphatic carbocycles. The van der Waals surface area contributed by atoms with Gasteiger partial charge >= 0.3 is 17.9 Å². The lowest BCUT2D eigenvalue weighted by Crippen LogP contribution is -2.19. The van der Waals surface area contributed by atoms with Crippen LogP contribution in [0, 0.1) is 21.4 Å². The van der Waals surface area contributed by atoms with Gasteiger partial charge in [0.05, 0.1) is 4.92 Å². The van der Waals surface area contributed by atoms with Crippen molar-refractivity contribution in [3.8, 4) is 11.9 Å². The van der Waals surface area contributed by atoms with Gasteiger partial charge in [0.15, 0.2) is 5.03 Å². The third-order valence-electron chi connectivity index (χ3n) is 1.70. The minimum absolute atomic E-state index is 0.365. The number of hydrogen-bond acceptors (Lipinski definition) is 7. The highest BCUT2D eigenvalue weighted by Crippen LogP contribution is 2.34. The van der Waals surface area contributed by atoms with Crippen molar-refractivity contribution in [1.29, 1.82) is 5.26 Å². The van der Waals surface area contributed by atoms with Crippen molar-refractivity contribution in [3.63, 3.8) is 0 Å². The average molecular weight is 332 g/mol. The molecule has 1 aromatic heterocycles. The molecule has 0 fully saturated rings. The molecule has 0 unspecified atom stereocenters. The minimum atomic E-state index is -5.38. The quantitative estimate of drug-likeness (QED) is 0.469. The zero-order valence-electron chi connectivity index (χ0n) is 8.88. The molecular weight excluding hydrogens is 331 g/mol. The Morgan fingerprint density at radius 2 is 2.05 bits per heavy atom. The number of rotatable bonds is 3. The number of ether oxygens (including phenoxy) is 1. The number of pyridine rings is 1. The molecule has 20 heavy (non-hydrogen) atoms. The third kappa shape index (κ3) is 3.68. The van der Waals surface area contributed by atoms with E-state index in [1.54, 1.807) is 0 Å². The predicted molar refractivity (Wildman–Crippen MR) is 55.3 cm³/mol. The fraction of sp³-hybridized carbons (Fsp3) is 0.143. The molecule has 0 saturated carbocycles. The molecule has 108 valence electrons. The van der Waals surface area contributed by atoms with Gasteiger partial charge in [0.2, 0.25) is 0 Å². The Labute approximate surface area is 112 Å². The van der Waals surface area contributed by atoms with Gasteiger partial charge in [-0.3, -0.25) is 10.1 Å². The molecule has 0 amide bonds. The van der Waals surface area contributed by atoms with E-state index in [-0.39, 0.29) is 0 Å². The lowest BCUT2D eigenvalue weighted by molar-refractivity contribution is -0.389. The number of alkyl halides is 3. The summed E-state index contributed by atoms with van der Waals surface area (Å²) in [5.74, 6) is -1.69. The highest BCUT2D eigenvalue weighted by atomic mass is 35.7. The van der Waals surface area contributed by atoms with Crippen molar-refractivity contribution < 1.29 is 31.2 Å². The maximum absolute atomic E-state index is 12.1. The second-order valence-corrected chi connectivity index (χ2v) is 5.53. The monoisotopic (exact) mass is 331 g/mol. The first-order valence-electron chi connectivity index (χ1n) is 4.25. The number of aromatic nitrogens is 1. The highest BCUT2D eigenvalue weighted by molar-refractivity contribution is 8.13. The fourth-order valence-electron chi connectivity index (χ4n) is 1.06. The molecule has 0 bridgehead atoms. The van der Waals surface area contributed by atoms with Crippen LogP contribution in [0.15, 0.2) is 11.1 Å². The Kier molecular flexibility index (Phi) is 4.06. The molecule has 0 aliphatic heterocycles. The first-order chi connectivity index (χ1) is 8.95. The molecule has 0 aromatic carbocycles. The lowest BCUT2D eigenvalue weighted by atomic mass is 10.2. The number of nitrogens with zero attached hydrogens (tertiary/aromatic N) is 3. The number of nitriles is 1. The van der Waals surface area contributed by atoms with Crippen LogP contribution in [0.3, 0.4) is 0 Å². The summed E-state index contributed by atoms with van der Waals surface area (Å²) in [5.41, 5.74) is -2.42. The highest BCUT2D eigenvalue weighted by Gasteiger charge is 2.38. The summed E-state index contributed by atoms with van der Waals surface area (Å²) >= 11 is 0. The summed E-state index contributed by atoms with van der Waals surface area (Å²) in [5, 5.41) is 18.1. The third-order valence-corrected chi connectivity index (χ3v) is 2.89. The Bertz CT molecular complexity index is 712. The summed E-state index contributed by atoms with van der Waals surface area (Å²) in [6, 6.07) is 1.53. The molecular formula is C7HClF3N3O5S. The van der Waals surface area contributed by atoms with E-state index in [0.717, 1.165) is 6.07 Å². The average Bonchev–Trinajstić information content (AvgIpc) is 2.23. The van der Waals surface area contributed by atoms with E-state index < -0.39 is 42.5 Å². The van der Waals surface area contributed by atoms with Gasteiger partial charge in [-0.25, -0.2) is 8.42 Å². The van der Waals surface area contributed by atoms with Crippen LogP contribution in [0.1, 0.15) is 5.56 Å². The molecule has 0 spiro atoms. The fourth-order valence-corrected chi connectivity index (χ4v) is 1.75. The maximum atomic E-state index is 12.1. The van der Waals surface area contributed by atoms with E-state index in [9.17, 15) is 31.7 Å². The lowest BCUT2D eigenvalue weighted by Gasteiger charge is -2.09. The van der Waals surface area contributed by atoms with Crippen molar-refractivity contribution >= 4 is 25.4 Å². The van der Waals surface area contributed by atoms with Crippen LogP contribution in [0.25, 0.3) is 0 Å². The second kappa shape index (κ2) is 5.10. The molecule has 0 N–H and O–H groups in total. The van der Waals surface area contributed by atoms with Crippen LogP contribution in [-0.4, -0.2) is 24.7 Å². The van der Waals surface area contributed by atoms with E-state index in [2.05, 4.69) is 9.72 Å². The molecule has 0 atom stereocenters. The smallest absolute Gasteiger partial charge is 0.380 e. The Morgan fingerprint density at radius 3 is 2.40 bits per heavy atom. The number of halogens is 4. The van der Waals surface area contributed by atoms with E-state index in [1.807, 2.05) is 0 Å². The Hall–Kier alpha value is -2.13. The van der Waals surface area contributed by atoms with E-state index in [4.69, 9.17) is 15.9 Å². The van der Waals surface area contributed by atoms with Crippen LogP contribution in [0.2, 0.25) is 0 Å². The van der Waals surface area contributed by atoms with E-state index in [1.165, 1.54) is 0 Å². The zero-order valence-corrected chi connectivity index (χ0v) is 10.5. The van der Waals surface area contributed by atoms with Gasteiger partial charge in [-0.2, -0.15) is 10.2 Å². The van der Waals surface area contributed by atoms with Gasteiger partial charge in [0, 0.05) is 16.7 Å². The van der Waals surface area contributed by atoms with E-state index in [0.29, 0.717) is 6.07 Å². The van der Waals surface area contributed by atoms with Gasteiger partial charge < -0.3 is 4.74 Å². The molecule has 1 aromatic rings. The van der Waals surface area contributed by atoms with Crippen molar-refractivity contribution in [2.45, 2.75) is 11.4 Å². The van der Waals surface area contributed by atoms with Gasteiger partial charge in [-0.15, -0.1) is 13.2 Å². The number of nitro groups is 1. The van der Waals surface area contributed by atoms with Crippen LogP contribution < -0.4 is 4.74 Å². The first-order valence-corrected chi connectivity index (χ1v) is 6.56. The zero-order chi connectivity index (χ0) is 15.7. The summed E-state index contributed by atoms with van der Waals surface area (Å²) in [4.78, 5) is 12.1.